The molecule has 1 fully saturated rings. The van der Waals surface area contributed by atoms with Crippen molar-refractivity contribution in [2.24, 2.45) is 23.7 Å². The summed E-state index contributed by atoms with van der Waals surface area (Å²) in [6, 6.07) is 7.26. The van der Waals surface area contributed by atoms with Gasteiger partial charge in [-0.05, 0) is 98.8 Å². The van der Waals surface area contributed by atoms with Crippen molar-refractivity contribution in [2.45, 2.75) is 149 Å². The van der Waals surface area contributed by atoms with Crippen LogP contribution in [0.5, 0.6) is 0 Å². The van der Waals surface area contributed by atoms with Crippen molar-refractivity contribution >= 4 is 64.5 Å². The molecule has 0 aromatic heterocycles. The van der Waals surface area contributed by atoms with Crippen LogP contribution >= 0.6 is 0 Å². The highest BCUT2D eigenvalue weighted by molar-refractivity contribution is 5.90. The van der Waals surface area contributed by atoms with Crippen LogP contribution in [0.25, 0.3) is 10.8 Å². The summed E-state index contributed by atoms with van der Waals surface area (Å²) < 4.78 is 0. The number of carbonyl (C=O) groups excluding carboxylic acids is 4. The van der Waals surface area contributed by atoms with Crippen molar-refractivity contribution in [1.29, 1.82) is 0 Å². The molecule has 0 radical (unpaired) electrons. The van der Waals surface area contributed by atoms with E-state index in [1.807, 2.05) is 56.3 Å². The number of hydrogen-bond donors (Lipinski definition) is 11. The zero-order valence-electron chi connectivity index (χ0n) is 38.3. The van der Waals surface area contributed by atoms with Gasteiger partial charge in [-0.25, -0.2) is 24.0 Å². The molecule has 67 heavy (non-hydrogen) atoms. The molecular formula is C47H72N6O14. The minimum Gasteiger partial charge on any atom is -0.481 e. The van der Waals surface area contributed by atoms with Gasteiger partial charge in [0.25, 0.3) is 0 Å². The van der Waals surface area contributed by atoms with E-state index in [4.69, 9.17) is 15.3 Å². The second kappa shape index (κ2) is 29.9. The standard InChI is InChI=1S/C35H48N4O9.C11H20N2O5.CH4/c1-21(2)23-12-14-25(15-13-23)31(42)37-29(20-22-10-11-24-7-3-4-8-26(24)19-22)32(43)36-18-6-5-9-27(33(44)45)38-35(48)39-28(34(46)47)16-17-30(40)41;1-6(2)7(3)12-11(18)13-8(10(16)17)4-5-9(14)15;/h3-4,7-8,10-11,19,21,23,25,27-29H,5-6,9,12-18,20H2,1-2H3,(H,36,43)(H,37,42)(H,40,41)(H,44,45)(H,46,47)(H2,38,39,48);6-8H,4-5H2,1-3H3,(H,14,15)(H,16,17)(H2,12,13,18);1H4/t23?,25?,27?,28-,29?;7-,8+;/m01./s1. The van der Waals surface area contributed by atoms with E-state index in [1.54, 1.807) is 6.92 Å². The monoisotopic (exact) mass is 945 g/mol. The molecule has 1 aliphatic carbocycles. The third-order valence-corrected chi connectivity index (χ3v) is 11.7. The quantitative estimate of drug-likeness (QED) is 0.0586. The first-order valence-corrected chi connectivity index (χ1v) is 22.4. The van der Waals surface area contributed by atoms with Crippen LogP contribution in [0.3, 0.4) is 0 Å². The van der Waals surface area contributed by atoms with Gasteiger partial charge in [-0.1, -0.05) is 77.6 Å². The smallest absolute Gasteiger partial charge is 0.326 e. The van der Waals surface area contributed by atoms with Gasteiger partial charge in [-0.15, -0.1) is 0 Å². The highest BCUT2D eigenvalue weighted by Crippen LogP contribution is 2.33. The number of nitrogens with one attached hydrogen (secondary N) is 6. The molecule has 0 aliphatic heterocycles. The Bertz CT molecular complexity index is 1970. The van der Waals surface area contributed by atoms with Crippen molar-refractivity contribution in [1.82, 2.24) is 31.9 Å². The van der Waals surface area contributed by atoms with Crippen molar-refractivity contribution in [3.05, 3.63) is 48.0 Å². The van der Waals surface area contributed by atoms with E-state index in [2.05, 4.69) is 45.7 Å². The molecular weight excluding hydrogens is 873 g/mol. The van der Waals surface area contributed by atoms with Crippen LogP contribution in [-0.4, -0.2) is 116 Å². The maximum atomic E-state index is 13.4. The fourth-order valence-electron chi connectivity index (χ4n) is 7.20. The summed E-state index contributed by atoms with van der Waals surface area (Å²) in [5.41, 5.74) is 0.902. The Labute approximate surface area is 391 Å². The SMILES string of the molecule is C.CC(C)C1CCC(C(=O)NC(Cc2ccc3ccccc3c2)C(=O)NCCCCC(NC(=O)N[C@@H](CCC(=O)O)C(=O)O)C(=O)O)CC1.CC(C)[C@@H](C)NC(=O)N[C@@H](CCC(=O)O)C(=O)O. The second-order valence-electron chi connectivity index (χ2n) is 17.4. The van der Waals surface area contributed by atoms with Gasteiger partial charge in [-0.2, -0.15) is 0 Å². The molecule has 0 saturated heterocycles. The summed E-state index contributed by atoms with van der Waals surface area (Å²) in [4.78, 5) is 105. The van der Waals surface area contributed by atoms with Gasteiger partial charge in [0.15, 0.2) is 0 Å². The fourth-order valence-corrected chi connectivity index (χ4v) is 7.20. The summed E-state index contributed by atoms with van der Waals surface area (Å²) in [7, 11) is 0. The third kappa shape index (κ3) is 22.5. The van der Waals surface area contributed by atoms with E-state index in [9.17, 15) is 53.4 Å². The summed E-state index contributed by atoms with van der Waals surface area (Å²) in [5, 5.41) is 62.0. The Morgan fingerprint density at radius 1 is 0.582 bits per heavy atom. The van der Waals surface area contributed by atoms with Crippen LogP contribution in [-0.2, 0) is 40.0 Å². The van der Waals surface area contributed by atoms with Gasteiger partial charge < -0.3 is 57.4 Å². The molecule has 1 saturated carbocycles. The molecule has 6 amide bonds. The summed E-state index contributed by atoms with van der Waals surface area (Å²) >= 11 is 0. The number of carboxylic acid groups (broad SMARTS) is 5. The lowest BCUT2D eigenvalue weighted by Gasteiger charge is -2.31. The van der Waals surface area contributed by atoms with Gasteiger partial charge in [0, 0.05) is 37.8 Å². The lowest BCUT2D eigenvalue weighted by atomic mass is 9.76. The molecule has 2 aromatic carbocycles. The first-order valence-electron chi connectivity index (χ1n) is 22.4. The van der Waals surface area contributed by atoms with Crippen LogP contribution in [0, 0.1) is 23.7 Å². The number of aliphatic carboxylic acids is 5. The van der Waals surface area contributed by atoms with E-state index in [0.29, 0.717) is 31.1 Å². The van der Waals surface area contributed by atoms with Crippen LogP contribution in [0.2, 0.25) is 0 Å². The van der Waals surface area contributed by atoms with E-state index in [-0.39, 0.29) is 69.3 Å². The van der Waals surface area contributed by atoms with Gasteiger partial charge in [0.1, 0.15) is 24.2 Å². The van der Waals surface area contributed by atoms with Gasteiger partial charge in [0.05, 0.1) is 0 Å². The van der Waals surface area contributed by atoms with E-state index >= 15 is 0 Å². The molecule has 374 valence electrons. The number of fused-ring (bicyclic) bond motifs is 1. The van der Waals surface area contributed by atoms with E-state index in [0.717, 1.165) is 42.0 Å². The molecule has 20 heteroatoms. The lowest BCUT2D eigenvalue weighted by molar-refractivity contribution is -0.142. The molecule has 20 nitrogen and oxygen atoms in total. The van der Waals surface area contributed by atoms with Crippen LogP contribution in [0.1, 0.15) is 118 Å². The van der Waals surface area contributed by atoms with E-state index in [1.165, 1.54) is 0 Å². The third-order valence-electron chi connectivity index (χ3n) is 11.7. The Hall–Kier alpha value is -6.47. The number of carbonyl (C=O) groups is 9. The number of rotatable bonds is 25. The average molecular weight is 945 g/mol. The molecule has 0 heterocycles. The zero-order chi connectivity index (χ0) is 49.5. The zero-order valence-corrected chi connectivity index (χ0v) is 38.3. The number of unbranched alkanes of at least 4 members (excludes halogenated alkanes) is 1. The predicted octanol–water partition coefficient (Wildman–Crippen LogP) is 4.97. The molecule has 2 aromatic rings. The van der Waals surface area contributed by atoms with Crippen molar-refractivity contribution < 1.29 is 68.7 Å². The van der Waals surface area contributed by atoms with Crippen molar-refractivity contribution in [2.75, 3.05) is 6.54 Å². The Morgan fingerprint density at radius 2 is 1.07 bits per heavy atom. The molecule has 0 spiro atoms. The largest absolute Gasteiger partial charge is 0.481 e. The topological polar surface area (TPSA) is 327 Å². The number of benzene rings is 2. The molecule has 5 atom stereocenters. The fraction of sp³-hybridized carbons (Fsp3) is 0.596. The molecule has 11 N–H and O–H groups in total. The first kappa shape index (κ1) is 58.5. The Morgan fingerprint density at radius 3 is 1.55 bits per heavy atom. The summed E-state index contributed by atoms with van der Waals surface area (Å²) in [6.07, 6.45) is 3.22. The Kier molecular flexibility index (Phi) is 26.2. The van der Waals surface area contributed by atoms with Gasteiger partial charge in [0.2, 0.25) is 11.8 Å². The summed E-state index contributed by atoms with van der Waals surface area (Å²) in [6.45, 7) is 10.3. The number of urea groups is 2. The predicted molar refractivity (Wildman–Crippen MR) is 249 cm³/mol. The highest BCUT2D eigenvalue weighted by Gasteiger charge is 2.31. The molecule has 1 aliphatic rings. The van der Waals surface area contributed by atoms with Gasteiger partial charge >= 0.3 is 41.9 Å². The maximum Gasteiger partial charge on any atom is 0.326 e. The normalized spacial score (nSPS) is 16.5. The number of hydrogen-bond acceptors (Lipinski definition) is 9. The van der Waals surface area contributed by atoms with Crippen molar-refractivity contribution in [3.63, 3.8) is 0 Å². The second-order valence-corrected chi connectivity index (χ2v) is 17.4. The molecule has 0 bridgehead atoms. The first-order chi connectivity index (χ1) is 31.1. The minimum atomic E-state index is -1.50. The highest BCUT2D eigenvalue weighted by atomic mass is 16.4. The number of carboxylic acids is 5. The number of amides is 6. The summed E-state index contributed by atoms with van der Waals surface area (Å²) in [5.74, 6) is -5.57. The molecule has 3 rings (SSSR count). The van der Waals surface area contributed by atoms with Crippen LogP contribution in [0.15, 0.2) is 42.5 Å². The van der Waals surface area contributed by atoms with Crippen LogP contribution in [0.4, 0.5) is 9.59 Å². The van der Waals surface area contributed by atoms with Crippen LogP contribution < -0.4 is 31.9 Å². The van der Waals surface area contributed by atoms with Crippen molar-refractivity contribution in [3.8, 4) is 0 Å². The lowest BCUT2D eigenvalue weighted by Crippen LogP contribution is -2.51. The van der Waals surface area contributed by atoms with Gasteiger partial charge in [-0.3, -0.25) is 19.2 Å². The average Bonchev–Trinajstić information content (AvgIpc) is 3.25. The minimum absolute atomic E-state index is 0. The van der Waals surface area contributed by atoms with E-state index < -0.39 is 72.5 Å². The maximum absolute atomic E-state index is 13.4. The molecule has 2 unspecified atom stereocenters. The Balaban J connectivity index is 0.000000998.